The van der Waals surface area contributed by atoms with Gasteiger partial charge in [-0.05, 0) is 55.7 Å². The van der Waals surface area contributed by atoms with E-state index < -0.39 is 5.97 Å². The number of benzene rings is 3. The van der Waals surface area contributed by atoms with Gasteiger partial charge < -0.3 is 19.7 Å². The first-order valence-corrected chi connectivity index (χ1v) is 12.9. The van der Waals surface area contributed by atoms with Crippen LogP contribution in [0.2, 0.25) is 5.02 Å². The second kappa shape index (κ2) is 11.5. The molecule has 0 atom stereocenters. The van der Waals surface area contributed by atoms with Crippen LogP contribution in [0.3, 0.4) is 0 Å². The Kier molecular flexibility index (Phi) is 8.19. The van der Waals surface area contributed by atoms with Crippen molar-refractivity contribution in [2.24, 2.45) is 0 Å². The molecule has 1 aromatic heterocycles. The molecular weight excluding hydrogens is 488 g/mol. The highest BCUT2D eigenvalue weighted by atomic mass is 35.5. The van der Waals surface area contributed by atoms with Crippen LogP contribution in [0.25, 0.3) is 22.0 Å². The number of anilines is 1. The molecule has 0 aliphatic rings. The van der Waals surface area contributed by atoms with Crippen molar-refractivity contribution in [3.05, 3.63) is 83.0 Å². The summed E-state index contributed by atoms with van der Waals surface area (Å²) in [4.78, 5) is 25.3. The average Bonchev–Trinajstić information content (AvgIpc) is 3.15. The van der Waals surface area contributed by atoms with E-state index >= 15 is 0 Å². The molecule has 37 heavy (non-hydrogen) atoms. The van der Waals surface area contributed by atoms with Gasteiger partial charge in [0.1, 0.15) is 5.75 Å². The second-order valence-electron chi connectivity index (χ2n) is 9.29. The number of rotatable bonds is 10. The molecule has 0 spiro atoms. The van der Waals surface area contributed by atoms with E-state index in [1.807, 2.05) is 81.4 Å². The van der Waals surface area contributed by atoms with Crippen LogP contribution in [0.15, 0.2) is 66.7 Å². The number of nitrogens with one attached hydrogen (secondary N) is 1. The lowest BCUT2D eigenvalue weighted by molar-refractivity contribution is -0.116. The minimum Gasteiger partial charge on any atom is -0.490 e. The number of amides is 1. The summed E-state index contributed by atoms with van der Waals surface area (Å²) < 4.78 is 7.77. The molecule has 1 heterocycles. The zero-order valence-corrected chi connectivity index (χ0v) is 22.0. The van der Waals surface area contributed by atoms with Gasteiger partial charge in [0.25, 0.3) is 0 Å². The third kappa shape index (κ3) is 5.97. The van der Waals surface area contributed by atoms with Crippen LogP contribution in [0.5, 0.6) is 5.75 Å². The van der Waals surface area contributed by atoms with Crippen LogP contribution in [0.1, 0.15) is 56.1 Å². The molecule has 0 aliphatic carbocycles. The molecule has 0 fully saturated rings. The molecular formula is C30H31ClN2O4. The Morgan fingerprint density at radius 2 is 1.84 bits per heavy atom. The number of aromatic carboxylic acids is 1. The van der Waals surface area contributed by atoms with Crippen LogP contribution in [0.4, 0.5) is 5.69 Å². The summed E-state index contributed by atoms with van der Waals surface area (Å²) in [5.74, 6) is -0.573. The lowest BCUT2D eigenvalue weighted by Gasteiger charge is -2.15. The van der Waals surface area contributed by atoms with E-state index in [0.29, 0.717) is 28.0 Å². The van der Waals surface area contributed by atoms with Gasteiger partial charge in [0, 0.05) is 28.9 Å². The fraction of sp³-hybridized carbons (Fsp3) is 0.267. The van der Waals surface area contributed by atoms with Crippen LogP contribution < -0.4 is 10.1 Å². The maximum atomic E-state index is 12.7. The van der Waals surface area contributed by atoms with Crippen LogP contribution in [-0.2, 0) is 11.3 Å². The maximum Gasteiger partial charge on any atom is 0.354 e. The molecule has 0 radical (unpaired) electrons. The molecule has 4 rings (SSSR count). The van der Waals surface area contributed by atoms with Gasteiger partial charge in [-0.1, -0.05) is 67.4 Å². The van der Waals surface area contributed by atoms with Crippen molar-refractivity contribution in [1.82, 2.24) is 4.57 Å². The highest BCUT2D eigenvalue weighted by Gasteiger charge is 2.25. The second-order valence-corrected chi connectivity index (χ2v) is 9.73. The number of ether oxygens (including phenoxy) is 1. The quantitative estimate of drug-likeness (QED) is 0.226. The fourth-order valence-corrected chi connectivity index (χ4v) is 4.66. The minimum absolute atomic E-state index is 0.000111. The topological polar surface area (TPSA) is 80.6 Å². The molecule has 0 bridgehead atoms. The Balaban J connectivity index is 1.92. The Labute approximate surface area is 221 Å². The number of halogens is 1. The van der Waals surface area contributed by atoms with E-state index in [1.165, 1.54) is 0 Å². The van der Waals surface area contributed by atoms with Gasteiger partial charge in [0.15, 0.2) is 5.69 Å². The Morgan fingerprint density at radius 3 is 2.54 bits per heavy atom. The summed E-state index contributed by atoms with van der Waals surface area (Å²) in [6.07, 6.45) is 1.93. The van der Waals surface area contributed by atoms with Crippen molar-refractivity contribution in [3.8, 4) is 16.9 Å². The van der Waals surface area contributed by atoms with Crippen LogP contribution in [0, 0.1) is 0 Å². The molecule has 7 heteroatoms. The minimum atomic E-state index is -1.12. The third-order valence-corrected chi connectivity index (χ3v) is 6.31. The number of para-hydroxylation sites is 1. The molecule has 0 saturated carbocycles. The van der Waals surface area contributed by atoms with Gasteiger partial charge >= 0.3 is 5.97 Å². The highest BCUT2D eigenvalue weighted by Crippen LogP contribution is 2.38. The zero-order valence-electron chi connectivity index (χ0n) is 21.3. The lowest BCUT2D eigenvalue weighted by Crippen LogP contribution is -2.16. The monoisotopic (exact) mass is 518 g/mol. The predicted octanol–water partition coefficient (Wildman–Crippen LogP) is 7.62. The first-order chi connectivity index (χ1) is 17.8. The number of carbonyl (C=O) groups is 2. The van der Waals surface area contributed by atoms with E-state index in [4.69, 9.17) is 16.3 Å². The SMILES string of the molecule is CCCCC(=O)Nc1c(C(=O)O)n(Cc2cccc(Cl)c2)c2cc(-c3ccccc3OC(C)C)ccc12. The largest absolute Gasteiger partial charge is 0.490 e. The van der Waals surface area contributed by atoms with E-state index in [2.05, 4.69) is 5.32 Å². The first kappa shape index (κ1) is 26.3. The van der Waals surface area contributed by atoms with Gasteiger partial charge in [-0.15, -0.1) is 0 Å². The van der Waals surface area contributed by atoms with Gasteiger partial charge in [0.05, 0.1) is 17.3 Å². The maximum absolute atomic E-state index is 12.7. The predicted molar refractivity (Wildman–Crippen MR) is 149 cm³/mol. The molecule has 0 aliphatic heterocycles. The summed E-state index contributed by atoms with van der Waals surface area (Å²) in [7, 11) is 0. The van der Waals surface area contributed by atoms with Gasteiger partial charge in [-0.25, -0.2) is 4.79 Å². The number of carboxylic acids is 1. The van der Waals surface area contributed by atoms with Crippen LogP contribution >= 0.6 is 11.6 Å². The van der Waals surface area contributed by atoms with Crippen molar-refractivity contribution in [2.75, 3.05) is 5.32 Å². The molecule has 1 amide bonds. The number of hydrogen-bond donors (Lipinski definition) is 2. The summed E-state index contributed by atoms with van der Waals surface area (Å²) in [6.45, 7) is 6.23. The third-order valence-electron chi connectivity index (χ3n) is 6.08. The number of carboxylic acid groups (broad SMARTS) is 1. The lowest BCUT2D eigenvalue weighted by atomic mass is 10.0. The molecule has 6 nitrogen and oxygen atoms in total. The van der Waals surface area contributed by atoms with E-state index in [0.717, 1.165) is 35.3 Å². The molecule has 192 valence electrons. The molecule has 2 N–H and O–H groups in total. The van der Waals surface area contributed by atoms with Crippen molar-refractivity contribution >= 4 is 40.1 Å². The smallest absolute Gasteiger partial charge is 0.354 e. The Morgan fingerprint density at radius 1 is 1.05 bits per heavy atom. The Hall–Kier alpha value is -3.77. The molecule has 4 aromatic rings. The summed E-state index contributed by atoms with van der Waals surface area (Å²) in [6, 6.07) is 20.9. The van der Waals surface area contributed by atoms with Crippen molar-refractivity contribution in [2.45, 2.75) is 52.7 Å². The van der Waals surface area contributed by atoms with Crippen LogP contribution in [-0.4, -0.2) is 27.7 Å². The van der Waals surface area contributed by atoms with Gasteiger partial charge in [0.2, 0.25) is 5.91 Å². The standard InChI is InChI=1S/C30H31ClN2O4/c1-4-5-13-27(34)32-28-24-15-14-21(23-11-6-7-12-26(23)37-19(2)3)17-25(24)33(29(28)30(35)36)18-20-9-8-10-22(31)16-20/h6-12,14-17,19H,4-5,13,18H2,1-3H3,(H,32,34)(H,35,36). The highest BCUT2D eigenvalue weighted by molar-refractivity contribution is 6.30. The van der Waals surface area contributed by atoms with Gasteiger partial charge in [-0.3, -0.25) is 4.79 Å². The molecule has 3 aromatic carbocycles. The van der Waals surface area contributed by atoms with Crippen molar-refractivity contribution < 1.29 is 19.4 Å². The molecule has 0 saturated heterocycles. The first-order valence-electron chi connectivity index (χ1n) is 12.5. The Bertz CT molecular complexity index is 1440. The summed E-state index contributed by atoms with van der Waals surface area (Å²) in [5, 5.41) is 14.4. The zero-order chi connectivity index (χ0) is 26.5. The number of hydrogen-bond acceptors (Lipinski definition) is 3. The number of carbonyl (C=O) groups excluding carboxylic acids is 1. The summed E-state index contributed by atoms with van der Waals surface area (Å²) in [5.41, 5.74) is 3.67. The van der Waals surface area contributed by atoms with E-state index in [1.54, 1.807) is 10.6 Å². The normalized spacial score (nSPS) is 11.2. The number of unbranched alkanes of at least 4 members (excludes halogenated alkanes) is 1. The van der Waals surface area contributed by atoms with Gasteiger partial charge in [-0.2, -0.15) is 0 Å². The molecule has 0 unspecified atom stereocenters. The van der Waals surface area contributed by atoms with E-state index in [9.17, 15) is 14.7 Å². The fourth-order valence-electron chi connectivity index (χ4n) is 4.45. The van der Waals surface area contributed by atoms with E-state index in [-0.39, 0.29) is 24.2 Å². The number of aromatic nitrogens is 1. The average molecular weight is 519 g/mol. The van der Waals surface area contributed by atoms with Crippen molar-refractivity contribution in [1.29, 1.82) is 0 Å². The number of nitrogens with zero attached hydrogens (tertiary/aromatic N) is 1. The van der Waals surface area contributed by atoms with Crippen molar-refractivity contribution in [3.63, 3.8) is 0 Å². The summed E-state index contributed by atoms with van der Waals surface area (Å²) >= 11 is 6.22. The number of fused-ring (bicyclic) bond motifs is 1.